The molecule has 0 unspecified atom stereocenters. The van der Waals surface area contributed by atoms with Crippen molar-refractivity contribution >= 4 is 29.2 Å². The fourth-order valence-corrected chi connectivity index (χ4v) is 2.37. The highest BCUT2D eigenvalue weighted by Gasteiger charge is 2.11. The topological polar surface area (TPSA) is 50.2 Å². The zero-order valence-electron chi connectivity index (χ0n) is 13.4. The first-order chi connectivity index (χ1) is 10.9. The summed E-state index contributed by atoms with van der Waals surface area (Å²) in [5.41, 5.74) is 1.89. The summed E-state index contributed by atoms with van der Waals surface area (Å²) in [6, 6.07) is 5.44. The largest absolute Gasteiger partial charge is 0.334 e. The molecule has 0 radical (unpaired) electrons. The SMILES string of the molecule is CC(C)n1cc(CN(C)C(=O)NCc2ccc(Cl)c(Cl)c2)cn1. The van der Waals surface area contributed by atoms with Crippen LogP contribution in [0.25, 0.3) is 0 Å². The summed E-state index contributed by atoms with van der Waals surface area (Å²) in [6.45, 7) is 5.01. The Balaban J connectivity index is 1.87. The van der Waals surface area contributed by atoms with Crippen LogP contribution in [0.5, 0.6) is 0 Å². The number of benzene rings is 1. The van der Waals surface area contributed by atoms with E-state index in [0.29, 0.717) is 29.2 Å². The second kappa shape index (κ2) is 7.70. The molecule has 0 spiro atoms. The number of nitrogens with zero attached hydrogens (tertiary/aromatic N) is 3. The third-order valence-corrected chi connectivity index (χ3v) is 4.12. The number of nitrogens with one attached hydrogen (secondary N) is 1. The smallest absolute Gasteiger partial charge is 0.317 e. The fourth-order valence-electron chi connectivity index (χ4n) is 2.05. The van der Waals surface area contributed by atoms with Gasteiger partial charge in [-0.15, -0.1) is 0 Å². The van der Waals surface area contributed by atoms with E-state index in [1.54, 1.807) is 30.3 Å². The molecule has 0 aliphatic carbocycles. The van der Waals surface area contributed by atoms with E-state index >= 15 is 0 Å². The van der Waals surface area contributed by atoms with E-state index in [0.717, 1.165) is 11.1 Å². The first-order valence-corrected chi connectivity index (χ1v) is 8.08. The fraction of sp³-hybridized carbons (Fsp3) is 0.375. The maximum atomic E-state index is 12.1. The number of halogens is 2. The van der Waals surface area contributed by atoms with Crippen molar-refractivity contribution in [1.82, 2.24) is 20.0 Å². The number of urea groups is 1. The monoisotopic (exact) mass is 354 g/mol. The number of hydrogen-bond acceptors (Lipinski definition) is 2. The first kappa shape index (κ1) is 17.6. The third kappa shape index (κ3) is 4.88. The summed E-state index contributed by atoms with van der Waals surface area (Å²) in [7, 11) is 1.75. The number of amides is 2. The van der Waals surface area contributed by atoms with Gasteiger partial charge in [-0.3, -0.25) is 4.68 Å². The van der Waals surface area contributed by atoms with Gasteiger partial charge in [0.1, 0.15) is 0 Å². The lowest BCUT2D eigenvalue weighted by Gasteiger charge is -2.17. The van der Waals surface area contributed by atoms with E-state index in [2.05, 4.69) is 24.3 Å². The number of rotatable bonds is 5. The Kier molecular flexibility index (Phi) is 5.91. The normalized spacial score (nSPS) is 10.9. The number of aromatic nitrogens is 2. The van der Waals surface area contributed by atoms with Crippen LogP contribution in [-0.4, -0.2) is 27.8 Å². The summed E-state index contributed by atoms with van der Waals surface area (Å²) in [6.07, 6.45) is 3.73. The van der Waals surface area contributed by atoms with Crippen LogP contribution in [0.3, 0.4) is 0 Å². The van der Waals surface area contributed by atoms with Crippen LogP contribution in [-0.2, 0) is 13.1 Å². The van der Waals surface area contributed by atoms with Gasteiger partial charge in [0, 0.05) is 31.4 Å². The van der Waals surface area contributed by atoms with Crippen LogP contribution in [0, 0.1) is 0 Å². The van der Waals surface area contributed by atoms with Crippen molar-refractivity contribution in [1.29, 1.82) is 0 Å². The van der Waals surface area contributed by atoms with E-state index < -0.39 is 0 Å². The summed E-state index contributed by atoms with van der Waals surface area (Å²) in [5, 5.41) is 8.10. The molecule has 1 heterocycles. The lowest BCUT2D eigenvalue weighted by atomic mass is 10.2. The molecular weight excluding hydrogens is 335 g/mol. The standard InChI is InChI=1S/C16H20Cl2N4O/c1-11(2)22-10-13(8-20-22)9-21(3)16(23)19-7-12-4-5-14(17)15(18)6-12/h4-6,8,10-11H,7,9H2,1-3H3,(H,19,23). The van der Waals surface area contributed by atoms with Crippen LogP contribution in [0.2, 0.25) is 10.0 Å². The van der Waals surface area contributed by atoms with Crippen molar-refractivity contribution < 1.29 is 4.79 Å². The van der Waals surface area contributed by atoms with Gasteiger partial charge < -0.3 is 10.2 Å². The van der Waals surface area contributed by atoms with E-state index in [9.17, 15) is 4.79 Å². The molecule has 0 saturated heterocycles. The highest BCUT2D eigenvalue weighted by molar-refractivity contribution is 6.42. The number of carbonyl (C=O) groups is 1. The quantitative estimate of drug-likeness (QED) is 0.877. The van der Waals surface area contributed by atoms with E-state index in [1.165, 1.54) is 0 Å². The Bertz CT molecular complexity index is 684. The number of carbonyl (C=O) groups excluding carboxylic acids is 1. The molecule has 0 aliphatic heterocycles. The van der Waals surface area contributed by atoms with Crippen LogP contribution >= 0.6 is 23.2 Å². The second-order valence-electron chi connectivity index (χ2n) is 5.69. The Labute approximate surface area is 146 Å². The molecule has 2 amide bonds. The van der Waals surface area contributed by atoms with Gasteiger partial charge >= 0.3 is 6.03 Å². The van der Waals surface area contributed by atoms with Crippen molar-refractivity contribution in [2.24, 2.45) is 0 Å². The zero-order chi connectivity index (χ0) is 17.0. The maximum absolute atomic E-state index is 12.1. The molecule has 0 atom stereocenters. The third-order valence-electron chi connectivity index (χ3n) is 3.38. The Hall–Kier alpha value is -1.72. The molecule has 124 valence electrons. The van der Waals surface area contributed by atoms with Gasteiger partial charge in [0.2, 0.25) is 0 Å². The van der Waals surface area contributed by atoms with Gasteiger partial charge in [-0.2, -0.15) is 5.10 Å². The average Bonchev–Trinajstić information content (AvgIpc) is 2.96. The first-order valence-electron chi connectivity index (χ1n) is 7.32. The molecule has 2 aromatic rings. The van der Waals surface area contributed by atoms with Gasteiger partial charge in [0.05, 0.1) is 22.8 Å². The van der Waals surface area contributed by atoms with Crippen molar-refractivity contribution in [3.05, 3.63) is 51.8 Å². The number of hydrogen-bond donors (Lipinski definition) is 1. The van der Waals surface area contributed by atoms with Crippen LogP contribution in [0.1, 0.15) is 31.0 Å². The van der Waals surface area contributed by atoms with Gasteiger partial charge in [0.25, 0.3) is 0 Å². The van der Waals surface area contributed by atoms with Gasteiger partial charge in [-0.25, -0.2) is 4.79 Å². The lowest BCUT2D eigenvalue weighted by Crippen LogP contribution is -2.36. The van der Waals surface area contributed by atoms with Crippen LogP contribution in [0.4, 0.5) is 4.79 Å². The minimum absolute atomic E-state index is 0.159. The molecule has 0 saturated carbocycles. The molecule has 1 N–H and O–H groups in total. The highest BCUT2D eigenvalue weighted by Crippen LogP contribution is 2.22. The predicted octanol–water partition coefficient (Wildman–Crippen LogP) is 4.11. The van der Waals surface area contributed by atoms with Crippen molar-refractivity contribution in [3.8, 4) is 0 Å². The van der Waals surface area contributed by atoms with Crippen molar-refractivity contribution in [2.75, 3.05) is 7.05 Å². The molecule has 1 aromatic heterocycles. The van der Waals surface area contributed by atoms with Gasteiger partial charge in [-0.1, -0.05) is 29.3 Å². The molecule has 1 aromatic carbocycles. The minimum Gasteiger partial charge on any atom is -0.334 e. The van der Waals surface area contributed by atoms with Crippen molar-refractivity contribution in [3.63, 3.8) is 0 Å². The second-order valence-corrected chi connectivity index (χ2v) is 6.50. The molecule has 0 aliphatic rings. The van der Waals surface area contributed by atoms with Crippen LogP contribution in [0.15, 0.2) is 30.6 Å². The van der Waals surface area contributed by atoms with Gasteiger partial charge in [0.15, 0.2) is 0 Å². The van der Waals surface area contributed by atoms with E-state index in [-0.39, 0.29) is 6.03 Å². The predicted molar refractivity (Wildman–Crippen MR) is 92.8 cm³/mol. The lowest BCUT2D eigenvalue weighted by molar-refractivity contribution is 0.206. The average molecular weight is 355 g/mol. The van der Waals surface area contributed by atoms with Gasteiger partial charge in [-0.05, 0) is 31.5 Å². The summed E-state index contributed by atoms with van der Waals surface area (Å²) < 4.78 is 1.87. The van der Waals surface area contributed by atoms with E-state index in [1.807, 2.05) is 16.9 Å². The summed E-state index contributed by atoms with van der Waals surface area (Å²) >= 11 is 11.8. The Morgan fingerprint density at radius 2 is 2.04 bits per heavy atom. The summed E-state index contributed by atoms with van der Waals surface area (Å²) in [5.74, 6) is 0. The molecule has 7 heteroatoms. The maximum Gasteiger partial charge on any atom is 0.317 e. The molecule has 2 rings (SSSR count). The zero-order valence-corrected chi connectivity index (χ0v) is 14.9. The molecule has 23 heavy (non-hydrogen) atoms. The Morgan fingerprint density at radius 3 is 2.65 bits per heavy atom. The highest BCUT2D eigenvalue weighted by atomic mass is 35.5. The minimum atomic E-state index is -0.159. The molecular formula is C16H20Cl2N4O. The van der Waals surface area contributed by atoms with Crippen LogP contribution < -0.4 is 5.32 Å². The Morgan fingerprint density at radius 1 is 1.30 bits per heavy atom. The molecule has 5 nitrogen and oxygen atoms in total. The van der Waals surface area contributed by atoms with E-state index in [4.69, 9.17) is 23.2 Å². The molecule has 0 bridgehead atoms. The molecule has 0 fully saturated rings. The summed E-state index contributed by atoms with van der Waals surface area (Å²) in [4.78, 5) is 13.8. The van der Waals surface area contributed by atoms with Crippen molar-refractivity contribution in [2.45, 2.75) is 33.0 Å².